The van der Waals surface area contributed by atoms with Gasteiger partial charge in [0, 0.05) is 36.9 Å². The smallest absolute Gasteiger partial charge is 0.262 e. The molecule has 19 heavy (non-hydrogen) atoms. The summed E-state index contributed by atoms with van der Waals surface area (Å²) in [6.07, 6.45) is 4.27. The fraction of sp³-hybridized carbons (Fsp3) is 0.750. The van der Waals surface area contributed by atoms with E-state index in [1.54, 1.807) is 7.05 Å². The summed E-state index contributed by atoms with van der Waals surface area (Å²) in [7, 11) is -1.81. The van der Waals surface area contributed by atoms with Crippen LogP contribution in [0.3, 0.4) is 0 Å². The Morgan fingerprint density at radius 2 is 2.05 bits per heavy atom. The van der Waals surface area contributed by atoms with Crippen molar-refractivity contribution in [1.82, 2.24) is 19.8 Å². The van der Waals surface area contributed by atoms with E-state index in [0.29, 0.717) is 12.6 Å². The number of sulfonamides is 1. The van der Waals surface area contributed by atoms with Crippen LogP contribution in [0.4, 0.5) is 0 Å². The van der Waals surface area contributed by atoms with Crippen molar-refractivity contribution < 1.29 is 8.42 Å². The SMILES string of the molecule is Cc1[nH]nc(S(=O)(=O)N(C)C2CC2)c1CNC1CC1. The molecular formula is C12H20N4O2S. The zero-order chi connectivity index (χ0) is 13.6. The van der Waals surface area contributed by atoms with Crippen molar-refractivity contribution in [3.8, 4) is 0 Å². The maximum Gasteiger partial charge on any atom is 0.262 e. The number of aromatic amines is 1. The maximum atomic E-state index is 12.5. The highest BCUT2D eigenvalue weighted by molar-refractivity contribution is 7.89. The van der Waals surface area contributed by atoms with E-state index in [1.165, 1.54) is 17.1 Å². The molecule has 6 nitrogen and oxygen atoms in total. The van der Waals surface area contributed by atoms with Gasteiger partial charge in [0.15, 0.2) is 5.03 Å². The lowest BCUT2D eigenvalue weighted by Gasteiger charge is -2.15. The van der Waals surface area contributed by atoms with E-state index >= 15 is 0 Å². The molecule has 0 aromatic carbocycles. The second kappa shape index (κ2) is 4.57. The van der Waals surface area contributed by atoms with Crippen molar-refractivity contribution in [2.45, 2.75) is 56.3 Å². The van der Waals surface area contributed by atoms with Crippen LogP contribution in [0.1, 0.15) is 36.9 Å². The molecule has 1 aromatic heterocycles. The van der Waals surface area contributed by atoms with Crippen LogP contribution < -0.4 is 5.32 Å². The quantitative estimate of drug-likeness (QED) is 0.808. The van der Waals surface area contributed by atoms with Crippen LogP contribution in [0.15, 0.2) is 5.03 Å². The minimum Gasteiger partial charge on any atom is -0.310 e. The van der Waals surface area contributed by atoms with Gasteiger partial charge in [-0.1, -0.05) is 0 Å². The molecule has 2 saturated carbocycles. The Morgan fingerprint density at radius 1 is 1.37 bits per heavy atom. The molecule has 7 heteroatoms. The van der Waals surface area contributed by atoms with Crippen molar-refractivity contribution in [3.05, 3.63) is 11.3 Å². The van der Waals surface area contributed by atoms with E-state index < -0.39 is 10.0 Å². The zero-order valence-electron chi connectivity index (χ0n) is 11.3. The Kier molecular flexibility index (Phi) is 3.15. The maximum absolute atomic E-state index is 12.5. The third-order valence-corrected chi connectivity index (χ3v) is 5.75. The van der Waals surface area contributed by atoms with Gasteiger partial charge in [-0.25, -0.2) is 8.42 Å². The summed E-state index contributed by atoms with van der Waals surface area (Å²) in [5, 5.41) is 10.4. The first-order chi connectivity index (χ1) is 9.00. The Hall–Kier alpha value is -0.920. The predicted molar refractivity (Wildman–Crippen MR) is 71.2 cm³/mol. The van der Waals surface area contributed by atoms with Crippen molar-refractivity contribution >= 4 is 10.0 Å². The lowest BCUT2D eigenvalue weighted by atomic mass is 10.2. The number of hydrogen-bond donors (Lipinski definition) is 2. The van der Waals surface area contributed by atoms with E-state index in [1.807, 2.05) is 6.92 Å². The number of hydrogen-bond acceptors (Lipinski definition) is 4. The van der Waals surface area contributed by atoms with Gasteiger partial charge in [0.05, 0.1) is 0 Å². The zero-order valence-corrected chi connectivity index (χ0v) is 12.1. The van der Waals surface area contributed by atoms with Gasteiger partial charge in [-0.15, -0.1) is 0 Å². The lowest BCUT2D eigenvalue weighted by molar-refractivity contribution is 0.460. The summed E-state index contributed by atoms with van der Waals surface area (Å²) in [6.45, 7) is 2.44. The highest BCUT2D eigenvalue weighted by Crippen LogP contribution is 2.31. The average Bonchev–Trinajstić information content (AvgIpc) is 3.24. The van der Waals surface area contributed by atoms with E-state index in [4.69, 9.17) is 0 Å². The van der Waals surface area contributed by atoms with Crippen LogP contribution >= 0.6 is 0 Å². The van der Waals surface area contributed by atoms with Crippen LogP contribution in [0.25, 0.3) is 0 Å². The van der Waals surface area contributed by atoms with E-state index in [9.17, 15) is 8.42 Å². The fourth-order valence-corrected chi connectivity index (χ4v) is 3.73. The number of nitrogens with zero attached hydrogens (tertiary/aromatic N) is 2. The van der Waals surface area contributed by atoms with Gasteiger partial charge >= 0.3 is 0 Å². The number of aryl methyl sites for hydroxylation is 1. The minimum absolute atomic E-state index is 0.159. The first-order valence-electron chi connectivity index (χ1n) is 6.75. The monoisotopic (exact) mass is 284 g/mol. The molecule has 3 rings (SSSR count). The molecule has 0 unspecified atom stereocenters. The van der Waals surface area contributed by atoms with Crippen molar-refractivity contribution in [1.29, 1.82) is 0 Å². The van der Waals surface area contributed by atoms with Crippen LogP contribution in [0, 0.1) is 6.92 Å². The van der Waals surface area contributed by atoms with Gasteiger partial charge in [0.1, 0.15) is 0 Å². The molecule has 2 aliphatic rings. The molecule has 0 amide bonds. The topological polar surface area (TPSA) is 78.1 Å². The first-order valence-corrected chi connectivity index (χ1v) is 8.19. The third-order valence-electron chi connectivity index (χ3n) is 3.87. The van der Waals surface area contributed by atoms with Crippen LogP contribution in [0.5, 0.6) is 0 Å². The molecule has 2 fully saturated rings. The summed E-state index contributed by atoms with van der Waals surface area (Å²) < 4.78 is 26.5. The predicted octanol–water partition coefficient (Wildman–Crippen LogP) is 0.753. The molecule has 1 heterocycles. The van der Waals surface area contributed by atoms with Gasteiger partial charge in [-0.05, 0) is 32.6 Å². The normalized spacial score (nSPS) is 20.2. The van der Waals surface area contributed by atoms with Crippen molar-refractivity contribution in [2.75, 3.05) is 7.05 Å². The minimum atomic E-state index is -3.46. The molecule has 0 radical (unpaired) electrons. The first kappa shape index (κ1) is 13.1. The summed E-state index contributed by atoms with van der Waals surface area (Å²) in [4.78, 5) is 0. The van der Waals surface area contributed by atoms with Crippen LogP contribution in [-0.2, 0) is 16.6 Å². The molecule has 0 spiro atoms. The summed E-state index contributed by atoms with van der Waals surface area (Å²) in [5.74, 6) is 0. The van der Waals surface area contributed by atoms with Gasteiger partial charge in [-0.3, -0.25) is 5.10 Å². The van der Waals surface area contributed by atoms with E-state index in [2.05, 4.69) is 15.5 Å². The van der Waals surface area contributed by atoms with Crippen LogP contribution in [-0.4, -0.2) is 42.1 Å². The second-order valence-corrected chi connectivity index (χ2v) is 7.45. The molecule has 2 aliphatic carbocycles. The van der Waals surface area contributed by atoms with Crippen molar-refractivity contribution in [3.63, 3.8) is 0 Å². The van der Waals surface area contributed by atoms with Crippen molar-refractivity contribution in [2.24, 2.45) is 0 Å². The number of aromatic nitrogens is 2. The fourth-order valence-electron chi connectivity index (χ4n) is 2.16. The molecular weight excluding hydrogens is 264 g/mol. The van der Waals surface area contributed by atoms with Crippen LogP contribution in [0.2, 0.25) is 0 Å². The largest absolute Gasteiger partial charge is 0.310 e. The molecule has 2 N–H and O–H groups in total. The highest BCUT2D eigenvalue weighted by Gasteiger charge is 2.38. The summed E-state index contributed by atoms with van der Waals surface area (Å²) >= 11 is 0. The Morgan fingerprint density at radius 3 is 2.63 bits per heavy atom. The number of H-pyrrole nitrogens is 1. The Labute approximate surface area is 113 Å². The van der Waals surface area contributed by atoms with E-state index in [-0.39, 0.29) is 11.1 Å². The molecule has 0 aliphatic heterocycles. The van der Waals surface area contributed by atoms with Gasteiger partial charge in [0.25, 0.3) is 10.0 Å². The average molecular weight is 284 g/mol. The number of rotatable bonds is 6. The standard InChI is InChI=1S/C12H20N4O2S/c1-8-11(7-13-9-3-4-9)12(15-14-8)19(17,18)16(2)10-5-6-10/h9-10,13H,3-7H2,1-2H3,(H,14,15). The Bertz CT molecular complexity index is 573. The molecule has 0 atom stereocenters. The molecule has 106 valence electrons. The molecule has 0 saturated heterocycles. The van der Waals surface area contributed by atoms with E-state index in [0.717, 1.165) is 24.1 Å². The Balaban J connectivity index is 1.85. The summed E-state index contributed by atoms with van der Waals surface area (Å²) in [5.41, 5.74) is 1.61. The lowest BCUT2D eigenvalue weighted by Crippen LogP contribution is -2.30. The third kappa shape index (κ3) is 2.54. The van der Waals surface area contributed by atoms with Gasteiger partial charge < -0.3 is 5.32 Å². The summed E-state index contributed by atoms with van der Waals surface area (Å²) in [6, 6.07) is 0.706. The highest BCUT2D eigenvalue weighted by atomic mass is 32.2. The number of nitrogens with one attached hydrogen (secondary N) is 2. The second-order valence-electron chi connectivity index (χ2n) is 5.54. The molecule has 0 bridgehead atoms. The van der Waals surface area contributed by atoms with Gasteiger partial charge in [0.2, 0.25) is 0 Å². The van der Waals surface area contributed by atoms with Gasteiger partial charge in [-0.2, -0.15) is 9.40 Å². The molecule has 1 aromatic rings.